The van der Waals surface area contributed by atoms with E-state index < -0.39 is 22.0 Å². The van der Waals surface area contributed by atoms with Crippen LogP contribution in [0.25, 0.3) is 0 Å². The van der Waals surface area contributed by atoms with E-state index in [4.69, 9.17) is 11.6 Å². The van der Waals surface area contributed by atoms with Crippen LogP contribution in [0.5, 0.6) is 0 Å². The van der Waals surface area contributed by atoms with E-state index in [-0.39, 0.29) is 17.0 Å². The molecule has 156 valence electrons. The van der Waals surface area contributed by atoms with E-state index in [2.05, 4.69) is 0 Å². The summed E-state index contributed by atoms with van der Waals surface area (Å²) in [5.74, 6) is -1.06. The second-order valence-corrected chi connectivity index (χ2v) is 9.17. The van der Waals surface area contributed by atoms with Crippen LogP contribution in [0.3, 0.4) is 0 Å². The molecule has 0 radical (unpaired) electrons. The third kappa shape index (κ3) is 4.90. The average molecular weight is 444 g/mol. The maximum absolute atomic E-state index is 13.6. The molecule has 0 saturated heterocycles. The predicted octanol–water partition coefficient (Wildman–Crippen LogP) is 5.38. The summed E-state index contributed by atoms with van der Waals surface area (Å²) in [4.78, 5) is 11.5. The Kier molecular flexibility index (Phi) is 6.92. The summed E-state index contributed by atoms with van der Waals surface area (Å²) >= 11 is 5.94. The van der Waals surface area contributed by atoms with Crippen LogP contribution in [0.4, 0.5) is 0 Å². The van der Waals surface area contributed by atoms with Crippen LogP contribution in [0, 0.1) is 0 Å². The molecule has 0 heterocycles. The Morgan fingerprint density at radius 1 is 1.00 bits per heavy atom. The standard InChI is InChI=1S/C23H22ClNO4S/c1-2-22(18-8-4-3-5-9-18)25(16-17-7-6-10-19(15-17)23(26)27)30(28,29)21-13-11-20(24)12-14-21/h3-15,22H,2,16H2,1H3,(H,26,27)/t22-/m0/s1. The van der Waals surface area contributed by atoms with Crippen molar-refractivity contribution in [3.8, 4) is 0 Å². The Morgan fingerprint density at radius 3 is 2.27 bits per heavy atom. The van der Waals surface area contributed by atoms with Gasteiger partial charge in [0.2, 0.25) is 10.0 Å². The van der Waals surface area contributed by atoms with Gasteiger partial charge in [-0.25, -0.2) is 13.2 Å². The molecule has 0 fully saturated rings. The average Bonchev–Trinajstić information content (AvgIpc) is 2.75. The third-order valence-corrected chi connectivity index (χ3v) is 6.97. The van der Waals surface area contributed by atoms with Crippen LogP contribution >= 0.6 is 11.6 Å². The number of hydrogen-bond donors (Lipinski definition) is 1. The molecule has 1 atom stereocenters. The van der Waals surface area contributed by atoms with Gasteiger partial charge < -0.3 is 5.11 Å². The highest BCUT2D eigenvalue weighted by atomic mass is 35.5. The topological polar surface area (TPSA) is 74.7 Å². The lowest BCUT2D eigenvalue weighted by Gasteiger charge is -2.31. The molecule has 7 heteroatoms. The minimum absolute atomic E-state index is 0.0412. The minimum Gasteiger partial charge on any atom is -0.478 e. The SMILES string of the molecule is CC[C@@H](c1ccccc1)N(Cc1cccc(C(=O)O)c1)S(=O)(=O)c1ccc(Cl)cc1. The third-order valence-electron chi connectivity index (χ3n) is 4.85. The molecule has 30 heavy (non-hydrogen) atoms. The first-order valence-corrected chi connectivity index (χ1v) is 11.3. The smallest absolute Gasteiger partial charge is 0.335 e. The summed E-state index contributed by atoms with van der Waals surface area (Å²) in [6.45, 7) is 1.97. The van der Waals surface area contributed by atoms with Gasteiger partial charge in [-0.3, -0.25) is 0 Å². The number of carboxylic acid groups (broad SMARTS) is 1. The summed E-state index contributed by atoms with van der Waals surface area (Å²) in [5, 5.41) is 9.75. The number of nitrogens with zero attached hydrogens (tertiary/aromatic N) is 1. The van der Waals surface area contributed by atoms with E-state index in [0.29, 0.717) is 17.0 Å². The number of benzene rings is 3. The van der Waals surface area contributed by atoms with Crippen molar-refractivity contribution < 1.29 is 18.3 Å². The summed E-state index contributed by atoms with van der Waals surface area (Å²) < 4.78 is 28.6. The highest BCUT2D eigenvalue weighted by molar-refractivity contribution is 7.89. The van der Waals surface area contributed by atoms with Crippen LogP contribution in [0.2, 0.25) is 5.02 Å². The second-order valence-electron chi connectivity index (χ2n) is 6.84. The normalized spacial score (nSPS) is 12.6. The van der Waals surface area contributed by atoms with Crippen LogP contribution in [0.15, 0.2) is 83.8 Å². The van der Waals surface area contributed by atoms with Crippen molar-refractivity contribution in [2.45, 2.75) is 30.8 Å². The number of sulfonamides is 1. The van der Waals surface area contributed by atoms with Crippen molar-refractivity contribution in [2.24, 2.45) is 0 Å². The zero-order valence-corrected chi connectivity index (χ0v) is 18.0. The van der Waals surface area contributed by atoms with Crippen LogP contribution in [-0.2, 0) is 16.6 Å². The van der Waals surface area contributed by atoms with Crippen LogP contribution in [0.1, 0.15) is 40.9 Å². The van der Waals surface area contributed by atoms with Crippen molar-refractivity contribution >= 4 is 27.6 Å². The molecule has 0 unspecified atom stereocenters. The molecule has 0 aliphatic heterocycles. The van der Waals surface area contributed by atoms with Crippen molar-refractivity contribution in [3.05, 3.63) is 101 Å². The fourth-order valence-corrected chi connectivity index (χ4v) is 5.17. The Hall–Kier alpha value is -2.67. The first-order valence-electron chi connectivity index (χ1n) is 9.47. The maximum Gasteiger partial charge on any atom is 0.335 e. The van der Waals surface area contributed by atoms with Crippen LogP contribution in [-0.4, -0.2) is 23.8 Å². The fourth-order valence-electron chi connectivity index (χ4n) is 3.37. The molecule has 0 bridgehead atoms. The largest absolute Gasteiger partial charge is 0.478 e. The summed E-state index contributed by atoms with van der Waals surface area (Å²) in [6.07, 6.45) is 0.551. The van der Waals surface area contributed by atoms with E-state index in [1.54, 1.807) is 24.3 Å². The van der Waals surface area contributed by atoms with Gasteiger partial charge in [-0.05, 0) is 53.9 Å². The molecule has 0 saturated carbocycles. The molecule has 3 aromatic rings. The lowest BCUT2D eigenvalue weighted by Crippen LogP contribution is -2.34. The monoisotopic (exact) mass is 443 g/mol. The van der Waals surface area contributed by atoms with Crippen LogP contribution < -0.4 is 0 Å². The molecule has 0 amide bonds. The van der Waals surface area contributed by atoms with E-state index in [9.17, 15) is 18.3 Å². The first kappa shape index (κ1) is 22.0. The quantitative estimate of drug-likeness (QED) is 0.507. The van der Waals surface area contributed by atoms with Gasteiger partial charge in [-0.1, -0.05) is 61.0 Å². The Labute approximate surface area is 181 Å². The molecule has 0 aromatic heterocycles. The molecular weight excluding hydrogens is 422 g/mol. The highest BCUT2D eigenvalue weighted by Crippen LogP contribution is 2.32. The zero-order valence-electron chi connectivity index (χ0n) is 16.4. The molecule has 0 aliphatic carbocycles. The molecule has 1 N–H and O–H groups in total. The fraction of sp³-hybridized carbons (Fsp3) is 0.174. The minimum atomic E-state index is -3.88. The first-order chi connectivity index (χ1) is 14.3. The van der Waals surface area contributed by atoms with Crippen molar-refractivity contribution in [2.75, 3.05) is 0 Å². The van der Waals surface area contributed by atoms with Gasteiger partial charge in [0.05, 0.1) is 16.5 Å². The van der Waals surface area contributed by atoms with E-state index in [1.165, 1.54) is 28.6 Å². The number of carboxylic acids is 1. The Morgan fingerprint density at radius 2 is 1.67 bits per heavy atom. The van der Waals surface area contributed by atoms with Gasteiger partial charge >= 0.3 is 5.97 Å². The van der Waals surface area contributed by atoms with Gasteiger partial charge in [0.15, 0.2) is 0 Å². The number of halogens is 1. The number of hydrogen-bond acceptors (Lipinski definition) is 3. The van der Waals surface area contributed by atoms with Crippen molar-refractivity contribution in [1.29, 1.82) is 0 Å². The molecule has 5 nitrogen and oxygen atoms in total. The van der Waals surface area contributed by atoms with Gasteiger partial charge in [0, 0.05) is 11.6 Å². The lowest BCUT2D eigenvalue weighted by atomic mass is 10.0. The second kappa shape index (κ2) is 9.43. The summed E-state index contributed by atoms with van der Waals surface area (Å²) in [6, 6.07) is 21.4. The van der Waals surface area contributed by atoms with Gasteiger partial charge in [-0.2, -0.15) is 4.31 Å². The lowest BCUT2D eigenvalue weighted by molar-refractivity contribution is 0.0696. The van der Waals surface area contributed by atoms with Crippen molar-refractivity contribution in [3.63, 3.8) is 0 Å². The van der Waals surface area contributed by atoms with E-state index in [1.807, 2.05) is 37.3 Å². The van der Waals surface area contributed by atoms with Gasteiger partial charge in [0.1, 0.15) is 0 Å². The number of rotatable bonds is 8. The Balaban J connectivity index is 2.09. The predicted molar refractivity (Wildman–Crippen MR) is 117 cm³/mol. The zero-order chi connectivity index (χ0) is 21.7. The molecular formula is C23H22ClNO4S. The van der Waals surface area contributed by atoms with Crippen molar-refractivity contribution in [1.82, 2.24) is 4.31 Å². The maximum atomic E-state index is 13.6. The molecule has 0 spiro atoms. The van der Waals surface area contributed by atoms with Gasteiger partial charge in [0.25, 0.3) is 0 Å². The van der Waals surface area contributed by atoms with Gasteiger partial charge in [-0.15, -0.1) is 0 Å². The summed E-state index contributed by atoms with van der Waals surface area (Å²) in [7, 11) is -3.88. The van der Waals surface area contributed by atoms with E-state index in [0.717, 1.165) is 5.56 Å². The Bertz CT molecular complexity index is 1120. The molecule has 3 rings (SSSR count). The van der Waals surface area contributed by atoms with E-state index >= 15 is 0 Å². The molecule has 3 aromatic carbocycles. The highest BCUT2D eigenvalue weighted by Gasteiger charge is 2.32. The number of aromatic carboxylic acids is 1. The molecule has 0 aliphatic rings. The number of carbonyl (C=O) groups is 1. The summed E-state index contributed by atoms with van der Waals surface area (Å²) in [5.41, 5.74) is 1.58.